The molecule has 0 saturated carbocycles. The van der Waals surface area contributed by atoms with Crippen LogP contribution in [0.2, 0.25) is 0 Å². The molecule has 0 rings (SSSR count). The van der Waals surface area contributed by atoms with E-state index in [1.807, 2.05) is 6.92 Å². The lowest BCUT2D eigenvalue weighted by Crippen LogP contribution is -2.25. The van der Waals surface area contributed by atoms with E-state index in [0.717, 1.165) is 12.8 Å². The van der Waals surface area contributed by atoms with Gasteiger partial charge < -0.3 is 5.73 Å². The summed E-state index contributed by atoms with van der Waals surface area (Å²) in [5.74, 6) is 0.0573. The highest BCUT2D eigenvalue weighted by Gasteiger charge is 2.11. The van der Waals surface area contributed by atoms with Crippen molar-refractivity contribution in [3.63, 3.8) is 0 Å². The second-order valence-corrected chi connectivity index (χ2v) is 3.44. The van der Waals surface area contributed by atoms with E-state index in [1.54, 1.807) is 0 Å². The van der Waals surface area contributed by atoms with Crippen LogP contribution in [0.3, 0.4) is 0 Å². The Morgan fingerprint density at radius 1 is 1.33 bits per heavy atom. The SMILES string of the molecule is CCCCCCC(C#N)C(C)N. The van der Waals surface area contributed by atoms with Crippen molar-refractivity contribution in [2.24, 2.45) is 11.7 Å². The van der Waals surface area contributed by atoms with Gasteiger partial charge in [0.1, 0.15) is 0 Å². The molecular formula is C10H20N2. The number of nitrogens with zero attached hydrogens (tertiary/aromatic N) is 1. The number of nitrogens with two attached hydrogens (primary N) is 1. The first-order valence-corrected chi connectivity index (χ1v) is 4.87. The predicted molar refractivity (Wildman–Crippen MR) is 51.5 cm³/mol. The van der Waals surface area contributed by atoms with E-state index in [9.17, 15) is 0 Å². The van der Waals surface area contributed by atoms with E-state index < -0.39 is 0 Å². The Balaban J connectivity index is 3.41. The van der Waals surface area contributed by atoms with E-state index in [-0.39, 0.29) is 12.0 Å². The molecule has 0 aromatic carbocycles. The molecule has 0 spiro atoms. The predicted octanol–water partition coefficient (Wildman–Crippen LogP) is 2.44. The summed E-state index contributed by atoms with van der Waals surface area (Å²) < 4.78 is 0. The zero-order valence-electron chi connectivity index (χ0n) is 8.21. The summed E-state index contributed by atoms with van der Waals surface area (Å²) in [6, 6.07) is 2.28. The van der Waals surface area contributed by atoms with E-state index in [4.69, 9.17) is 11.0 Å². The van der Waals surface area contributed by atoms with E-state index in [2.05, 4.69) is 13.0 Å². The minimum absolute atomic E-state index is 0.0247. The summed E-state index contributed by atoms with van der Waals surface area (Å²) in [5.41, 5.74) is 5.64. The van der Waals surface area contributed by atoms with Crippen molar-refractivity contribution in [3.05, 3.63) is 0 Å². The van der Waals surface area contributed by atoms with Crippen LogP contribution in [0.25, 0.3) is 0 Å². The lowest BCUT2D eigenvalue weighted by Gasteiger charge is -2.11. The Kier molecular flexibility index (Phi) is 6.79. The molecular weight excluding hydrogens is 148 g/mol. The lowest BCUT2D eigenvalue weighted by molar-refractivity contribution is 0.476. The average molecular weight is 168 g/mol. The van der Waals surface area contributed by atoms with Crippen LogP contribution in [0.5, 0.6) is 0 Å². The highest BCUT2D eigenvalue weighted by Crippen LogP contribution is 2.12. The molecule has 0 fully saturated rings. The van der Waals surface area contributed by atoms with Gasteiger partial charge in [0, 0.05) is 6.04 Å². The fourth-order valence-corrected chi connectivity index (χ4v) is 1.24. The molecule has 2 heteroatoms. The van der Waals surface area contributed by atoms with Crippen LogP contribution in [-0.4, -0.2) is 6.04 Å². The Hall–Kier alpha value is -0.550. The van der Waals surface area contributed by atoms with Crippen molar-refractivity contribution >= 4 is 0 Å². The molecule has 0 aliphatic rings. The van der Waals surface area contributed by atoms with E-state index in [1.165, 1.54) is 19.3 Å². The van der Waals surface area contributed by atoms with E-state index in [0.29, 0.717) is 0 Å². The molecule has 0 aliphatic carbocycles. The van der Waals surface area contributed by atoms with Gasteiger partial charge in [0.15, 0.2) is 0 Å². The summed E-state index contributed by atoms with van der Waals surface area (Å²) in [7, 11) is 0. The zero-order valence-corrected chi connectivity index (χ0v) is 8.21. The fraction of sp³-hybridized carbons (Fsp3) is 0.900. The third-order valence-electron chi connectivity index (χ3n) is 2.17. The van der Waals surface area contributed by atoms with E-state index >= 15 is 0 Å². The van der Waals surface area contributed by atoms with Gasteiger partial charge in [0.05, 0.1) is 12.0 Å². The van der Waals surface area contributed by atoms with Gasteiger partial charge in [-0.25, -0.2) is 0 Å². The molecule has 2 nitrogen and oxygen atoms in total. The maximum Gasteiger partial charge on any atom is 0.0672 e. The van der Waals surface area contributed by atoms with Gasteiger partial charge in [-0.05, 0) is 13.3 Å². The molecule has 0 saturated heterocycles. The lowest BCUT2D eigenvalue weighted by atomic mass is 9.96. The summed E-state index contributed by atoms with van der Waals surface area (Å²) in [5, 5.41) is 8.72. The third-order valence-corrected chi connectivity index (χ3v) is 2.17. The zero-order chi connectivity index (χ0) is 9.40. The van der Waals surface area contributed by atoms with Crippen molar-refractivity contribution in [3.8, 4) is 6.07 Å². The largest absolute Gasteiger partial charge is 0.327 e. The molecule has 0 radical (unpaired) electrons. The minimum atomic E-state index is 0.0247. The Bertz CT molecular complexity index is 135. The maximum atomic E-state index is 8.72. The second-order valence-electron chi connectivity index (χ2n) is 3.44. The summed E-state index contributed by atoms with van der Waals surface area (Å²) in [6.07, 6.45) is 5.87. The first-order chi connectivity index (χ1) is 5.72. The Morgan fingerprint density at radius 2 is 2.00 bits per heavy atom. The highest BCUT2D eigenvalue weighted by molar-refractivity contribution is 4.88. The molecule has 0 aromatic rings. The summed E-state index contributed by atoms with van der Waals surface area (Å²) in [4.78, 5) is 0. The van der Waals surface area contributed by atoms with Crippen LogP contribution in [0.1, 0.15) is 46.0 Å². The first kappa shape index (κ1) is 11.4. The van der Waals surface area contributed by atoms with Crippen LogP contribution < -0.4 is 5.73 Å². The average Bonchev–Trinajstić information content (AvgIpc) is 2.04. The van der Waals surface area contributed by atoms with Crippen LogP contribution >= 0.6 is 0 Å². The maximum absolute atomic E-state index is 8.72. The van der Waals surface area contributed by atoms with Crippen LogP contribution in [0.15, 0.2) is 0 Å². The molecule has 12 heavy (non-hydrogen) atoms. The number of hydrogen-bond acceptors (Lipinski definition) is 2. The van der Waals surface area contributed by atoms with Gasteiger partial charge in [0.25, 0.3) is 0 Å². The molecule has 2 unspecified atom stereocenters. The normalized spacial score (nSPS) is 15.2. The van der Waals surface area contributed by atoms with Gasteiger partial charge in [0.2, 0.25) is 0 Å². The van der Waals surface area contributed by atoms with Crippen LogP contribution in [-0.2, 0) is 0 Å². The number of nitriles is 1. The Morgan fingerprint density at radius 3 is 2.42 bits per heavy atom. The van der Waals surface area contributed by atoms with Crippen LogP contribution in [0.4, 0.5) is 0 Å². The van der Waals surface area contributed by atoms with Gasteiger partial charge in [-0.2, -0.15) is 5.26 Å². The molecule has 0 amide bonds. The van der Waals surface area contributed by atoms with Gasteiger partial charge in [-0.15, -0.1) is 0 Å². The molecule has 0 heterocycles. The standard InChI is InChI=1S/C10H20N2/c1-3-4-5-6-7-10(8-11)9(2)12/h9-10H,3-7,12H2,1-2H3. The first-order valence-electron chi connectivity index (χ1n) is 4.87. The van der Waals surface area contributed by atoms with Crippen molar-refractivity contribution in [2.45, 2.75) is 52.0 Å². The topological polar surface area (TPSA) is 49.8 Å². The molecule has 2 N–H and O–H groups in total. The number of hydrogen-bond donors (Lipinski definition) is 1. The van der Waals surface area contributed by atoms with Crippen molar-refractivity contribution in [1.82, 2.24) is 0 Å². The molecule has 70 valence electrons. The fourth-order valence-electron chi connectivity index (χ4n) is 1.24. The molecule has 0 bridgehead atoms. The molecule has 2 atom stereocenters. The van der Waals surface area contributed by atoms with Crippen LogP contribution in [0, 0.1) is 17.2 Å². The number of unbranched alkanes of at least 4 members (excludes halogenated alkanes) is 3. The van der Waals surface area contributed by atoms with Gasteiger partial charge >= 0.3 is 0 Å². The molecule has 0 aliphatic heterocycles. The summed E-state index contributed by atoms with van der Waals surface area (Å²) >= 11 is 0. The smallest absolute Gasteiger partial charge is 0.0672 e. The Labute approximate surface area is 75.8 Å². The summed E-state index contributed by atoms with van der Waals surface area (Å²) in [6.45, 7) is 4.10. The quantitative estimate of drug-likeness (QED) is 0.619. The van der Waals surface area contributed by atoms with Crippen molar-refractivity contribution in [1.29, 1.82) is 5.26 Å². The van der Waals surface area contributed by atoms with Gasteiger partial charge in [-0.3, -0.25) is 0 Å². The third kappa shape index (κ3) is 5.15. The van der Waals surface area contributed by atoms with Crippen molar-refractivity contribution in [2.75, 3.05) is 0 Å². The number of rotatable bonds is 6. The molecule has 0 aromatic heterocycles. The monoisotopic (exact) mass is 168 g/mol. The van der Waals surface area contributed by atoms with Crippen molar-refractivity contribution < 1.29 is 0 Å². The highest BCUT2D eigenvalue weighted by atomic mass is 14.6. The second kappa shape index (κ2) is 7.12. The van der Waals surface area contributed by atoms with Gasteiger partial charge in [-0.1, -0.05) is 32.6 Å². The minimum Gasteiger partial charge on any atom is -0.327 e.